The highest BCUT2D eigenvalue weighted by molar-refractivity contribution is 5.62. The van der Waals surface area contributed by atoms with Gasteiger partial charge in [0.2, 0.25) is 0 Å². The number of nitrogens with one attached hydrogen (secondary N) is 1. The normalized spacial score (nSPS) is 35.7. The molecule has 0 saturated heterocycles. The topological polar surface area (TPSA) is 21.3 Å². The van der Waals surface area contributed by atoms with Crippen LogP contribution in [0.1, 0.15) is 86.5 Å². The SMILES string of the molecule is COc1ccc2c(c1)CC[C@H]1[C@@H]2CC[C@@]2(C)[C@H]1C[C@@H]1c3cc(C(C)C)ccc3N[C@@H]12. The zero-order valence-electron chi connectivity index (χ0n) is 18.9. The highest BCUT2D eigenvalue weighted by Crippen LogP contribution is 2.66. The van der Waals surface area contributed by atoms with Crippen LogP contribution in [0.2, 0.25) is 0 Å². The van der Waals surface area contributed by atoms with Gasteiger partial charge < -0.3 is 10.1 Å². The second-order valence-electron chi connectivity index (χ2n) is 11.0. The monoisotopic (exact) mass is 401 g/mol. The Morgan fingerprint density at radius 2 is 1.90 bits per heavy atom. The maximum absolute atomic E-state index is 5.50. The van der Waals surface area contributed by atoms with Gasteiger partial charge in [0.05, 0.1) is 7.11 Å². The minimum Gasteiger partial charge on any atom is -0.497 e. The molecule has 6 atom stereocenters. The van der Waals surface area contributed by atoms with Crippen LogP contribution in [0.4, 0.5) is 5.69 Å². The molecule has 2 heteroatoms. The molecule has 2 nitrogen and oxygen atoms in total. The summed E-state index contributed by atoms with van der Waals surface area (Å²) in [5, 5.41) is 4.02. The van der Waals surface area contributed by atoms with Gasteiger partial charge in [0.1, 0.15) is 5.75 Å². The number of ether oxygens (including phenoxy) is 1. The first-order valence-electron chi connectivity index (χ1n) is 12.1. The molecule has 1 heterocycles. The van der Waals surface area contributed by atoms with Crippen LogP contribution in [0.15, 0.2) is 36.4 Å². The van der Waals surface area contributed by atoms with Crippen LogP contribution >= 0.6 is 0 Å². The third kappa shape index (κ3) is 2.49. The minimum atomic E-state index is 0.423. The number of benzene rings is 2. The lowest BCUT2D eigenvalue weighted by Gasteiger charge is -2.51. The van der Waals surface area contributed by atoms with Gasteiger partial charge in [-0.25, -0.2) is 0 Å². The Kier molecular flexibility index (Phi) is 4.08. The number of hydrogen-bond acceptors (Lipinski definition) is 2. The Balaban J connectivity index is 1.34. The van der Waals surface area contributed by atoms with Crippen molar-refractivity contribution in [2.24, 2.45) is 17.3 Å². The fourth-order valence-corrected chi connectivity index (χ4v) is 7.85. The third-order valence-corrected chi connectivity index (χ3v) is 9.44. The first-order valence-corrected chi connectivity index (χ1v) is 12.1. The summed E-state index contributed by atoms with van der Waals surface area (Å²) in [6, 6.07) is 14.7. The van der Waals surface area contributed by atoms with E-state index >= 15 is 0 Å². The van der Waals surface area contributed by atoms with Crippen molar-refractivity contribution < 1.29 is 4.74 Å². The summed E-state index contributed by atoms with van der Waals surface area (Å²) in [6.07, 6.45) is 6.63. The average molecular weight is 402 g/mol. The lowest BCUT2D eigenvalue weighted by Crippen LogP contribution is -2.46. The molecule has 2 aromatic carbocycles. The van der Waals surface area contributed by atoms with Crippen LogP contribution < -0.4 is 10.1 Å². The smallest absolute Gasteiger partial charge is 0.119 e. The number of anilines is 1. The average Bonchev–Trinajstić information content (AvgIpc) is 3.26. The van der Waals surface area contributed by atoms with Crippen LogP contribution in [0.3, 0.4) is 0 Å². The molecule has 0 aromatic heterocycles. The molecule has 158 valence electrons. The van der Waals surface area contributed by atoms with E-state index < -0.39 is 0 Å². The Hall–Kier alpha value is -1.96. The predicted octanol–water partition coefficient (Wildman–Crippen LogP) is 6.86. The zero-order chi connectivity index (χ0) is 20.6. The van der Waals surface area contributed by atoms with Gasteiger partial charge >= 0.3 is 0 Å². The third-order valence-electron chi connectivity index (χ3n) is 9.44. The van der Waals surface area contributed by atoms with Gasteiger partial charge in [0.25, 0.3) is 0 Å². The Labute approximate surface area is 181 Å². The van der Waals surface area contributed by atoms with Crippen molar-refractivity contribution in [2.45, 2.75) is 76.7 Å². The van der Waals surface area contributed by atoms with Crippen LogP contribution in [0.5, 0.6) is 5.75 Å². The Morgan fingerprint density at radius 3 is 2.70 bits per heavy atom. The van der Waals surface area contributed by atoms with Gasteiger partial charge in [-0.15, -0.1) is 0 Å². The van der Waals surface area contributed by atoms with Crippen molar-refractivity contribution in [3.05, 3.63) is 58.7 Å². The van der Waals surface area contributed by atoms with Crippen LogP contribution in [-0.2, 0) is 6.42 Å². The largest absolute Gasteiger partial charge is 0.497 e. The zero-order valence-corrected chi connectivity index (χ0v) is 18.9. The molecule has 0 amide bonds. The van der Waals surface area contributed by atoms with Gasteiger partial charge in [-0.3, -0.25) is 0 Å². The van der Waals surface area contributed by atoms with Crippen molar-refractivity contribution in [1.29, 1.82) is 0 Å². The summed E-state index contributed by atoms with van der Waals surface area (Å²) in [5.74, 6) is 4.75. The number of hydrogen-bond donors (Lipinski definition) is 1. The fraction of sp³-hybridized carbons (Fsp3) is 0.571. The number of methoxy groups -OCH3 is 1. The molecule has 2 saturated carbocycles. The molecule has 2 fully saturated rings. The highest BCUT2D eigenvalue weighted by atomic mass is 16.5. The van der Waals surface area contributed by atoms with Gasteiger partial charge in [0, 0.05) is 17.6 Å². The van der Waals surface area contributed by atoms with Crippen molar-refractivity contribution in [1.82, 2.24) is 0 Å². The van der Waals surface area contributed by atoms with E-state index in [1.807, 2.05) is 0 Å². The van der Waals surface area contributed by atoms with Crippen molar-refractivity contribution in [3.63, 3.8) is 0 Å². The van der Waals surface area contributed by atoms with Crippen LogP contribution in [-0.4, -0.2) is 13.2 Å². The van der Waals surface area contributed by atoms with Gasteiger partial charge in [-0.2, -0.15) is 0 Å². The van der Waals surface area contributed by atoms with Crippen molar-refractivity contribution in [2.75, 3.05) is 12.4 Å². The van der Waals surface area contributed by atoms with E-state index in [1.54, 1.807) is 23.8 Å². The molecule has 6 rings (SSSR count). The van der Waals surface area contributed by atoms with Gasteiger partial charge in [-0.1, -0.05) is 39.0 Å². The molecule has 0 radical (unpaired) electrons. The number of aryl methyl sites for hydroxylation is 1. The van der Waals surface area contributed by atoms with E-state index in [4.69, 9.17) is 4.74 Å². The molecule has 3 aliphatic carbocycles. The molecule has 0 unspecified atom stereocenters. The van der Waals surface area contributed by atoms with E-state index in [-0.39, 0.29) is 0 Å². The molecule has 0 bridgehead atoms. The molecular weight excluding hydrogens is 366 g/mol. The maximum Gasteiger partial charge on any atom is 0.119 e. The summed E-state index contributed by atoms with van der Waals surface area (Å²) in [4.78, 5) is 0. The summed E-state index contributed by atoms with van der Waals surface area (Å²) < 4.78 is 5.50. The predicted molar refractivity (Wildman–Crippen MR) is 124 cm³/mol. The standard InChI is InChI=1S/C28H35NO/c1-16(2)17-6-10-26-23(14-17)24-15-25-22-8-5-18-13-19(30-4)7-9-20(18)21(22)11-12-28(25,3)27(24)29-26/h6-7,9-10,13-14,16,21-22,24-25,27,29H,5,8,11-12,15H2,1-4H3/t21-,22+,24-,25+,27+,28+/m1/s1. The second kappa shape index (κ2) is 6.52. The van der Waals surface area contributed by atoms with Gasteiger partial charge in [0.15, 0.2) is 0 Å². The molecular formula is C28H35NO. The van der Waals surface area contributed by atoms with Crippen LogP contribution in [0.25, 0.3) is 0 Å². The van der Waals surface area contributed by atoms with Crippen LogP contribution in [0, 0.1) is 17.3 Å². The Morgan fingerprint density at radius 1 is 1.03 bits per heavy atom. The van der Waals surface area contributed by atoms with Crippen molar-refractivity contribution in [3.8, 4) is 5.75 Å². The molecule has 30 heavy (non-hydrogen) atoms. The summed E-state index contributed by atoms with van der Waals surface area (Å²) in [5.41, 5.74) is 8.11. The maximum atomic E-state index is 5.50. The molecule has 1 aliphatic heterocycles. The fourth-order valence-electron chi connectivity index (χ4n) is 7.85. The van der Waals surface area contributed by atoms with Gasteiger partial charge in [-0.05, 0) is 102 Å². The molecule has 0 spiro atoms. The lowest BCUT2D eigenvalue weighted by molar-refractivity contribution is 0.0536. The van der Waals surface area contributed by atoms with E-state index in [9.17, 15) is 0 Å². The first kappa shape index (κ1) is 18.8. The highest BCUT2D eigenvalue weighted by Gasteiger charge is 2.60. The first-order chi connectivity index (χ1) is 14.5. The summed E-state index contributed by atoms with van der Waals surface area (Å²) >= 11 is 0. The molecule has 2 aromatic rings. The summed E-state index contributed by atoms with van der Waals surface area (Å²) in [6.45, 7) is 7.25. The quantitative estimate of drug-likeness (QED) is 0.593. The second-order valence-corrected chi connectivity index (χ2v) is 11.0. The summed E-state index contributed by atoms with van der Waals surface area (Å²) in [7, 11) is 1.78. The van der Waals surface area contributed by atoms with E-state index in [0.717, 1.165) is 23.5 Å². The van der Waals surface area contributed by atoms with E-state index in [0.29, 0.717) is 23.3 Å². The van der Waals surface area contributed by atoms with E-state index in [1.165, 1.54) is 43.4 Å². The lowest BCUT2D eigenvalue weighted by atomic mass is 9.55. The number of rotatable bonds is 2. The minimum absolute atomic E-state index is 0.423. The molecule has 4 aliphatic rings. The van der Waals surface area contributed by atoms with Crippen molar-refractivity contribution >= 4 is 5.69 Å². The number of fused-ring (bicyclic) bond motifs is 9. The molecule has 1 N–H and O–H groups in total. The Bertz CT molecular complexity index is 994. The van der Waals surface area contributed by atoms with E-state index in [2.05, 4.69) is 62.5 Å².